The summed E-state index contributed by atoms with van der Waals surface area (Å²) in [5.74, 6) is 0.412. The van der Waals surface area contributed by atoms with Crippen LogP contribution in [0.5, 0.6) is 5.75 Å². The van der Waals surface area contributed by atoms with Crippen LogP contribution in [-0.2, 0) is 10.9 Å². The lowest BCUT2D eigenvalue weighted by Gasteiger charge is -2.54. The Balaban J connectivity index is 1.59. The van der Waals surface area contributed by atoms with Gasteiger partial charge in [0.1, 0.15) is 17.1 Å². The van der Waals surface area contributed by atoms with Crippen molar-refractivity contribution in [1.82, 2.24) is 4.90 Å². The van der Waals surface area contributed by atoms with Crippen LogP contribution in [0, 0.1) is 18.3 Å². The Morgan fingerprint density at radius 2 is 1.82 bits per heavy atom. The third-order valence-electron chi connectivity index (χ3n) is 6.38. The van der Waals surface area contributed by atoms with Crippen molar-refractivity contribution in [1.29, 1.82) is 0 Å². The number of amides is 1. The maximum absolute atomic E-state index is 13.5. The number of benzene rings is 1. The summed E-state index contributed by atoms with van der Waals surface area (Å²) >= 11 is 0. The van der Waals surface area contributed by atoms with Crippen LogP contribution in [0.3, 0.4) is 0 Å². The minimum atomic E-state index is -4.51. The van der Waals surface area contributed by atoms with E-state index in [-0.39, 0.29) is 35.5 Å². The lowest BCUT2D eigenvalue weighted by molar-refractivity contribution is -0.137. The lowest BCUT2D eigenvalue weighted by atomic mass is 9.56. The molecule has 0 atom stereocenters. The number of piperidine rings is 2. The van der Waals surface area contributed by atoms with Crippen molar-refractivity contribution in [3.8, 4) is 17.1 Å². The summed E-state index contributed by atoms with van der Waals surface area (Å²) < 4.78 is 55.9. The van der Waals surface area contributed by atoms with E-state index in [0.717, 1.165) is 12.1 Å². The van der Waals surface area contributed by atoms with Crippen LogP contribution in [0.2, 0.25) is 0 Å². The molecule has 1 aromatic carbocycles. The first kappa shape index (κ1) is 24.2. The number of hydrogen-bond acceptors (Lipinski definition) is 5. The predicted octanol–water partition coefficient (Wildman–Crippen LogP) is 6.11. The van der Waals surface area contributed by atoms with Gasteiger partial charge in [-0.05, 0) is 76.3 Å². The highest BCUT2D eigenvalue weighted by atomic mass is 19.4. The molecule has 2 bridgehead atoms. The van der Waals surface area contributed by atoms with E-state index in [1.165, 1.54) is 13.2 Å². The molecule has 3 fully saturated rings. The summed E-state index contributed by atoms with van der Waals surface area (Å²) in [7, 11) is 1.28. The van der Waals surface area contributed by atoms with Gasteiger partial charge in [-0.15, -0.1) is 0 Å². The number of furan rings is 1. The fourth-order valence-corrected chi connectivity index (χ4v) is 4.95. The van der Waals surface area contributed by atoms with Crippen molar-refractivity contribution >= 4 is 11.9 Å². The van der Waals surface area contributed by atoms with E-state index in [2.05, 4.69) is 0 Å². The molecule has 0 N–H and O–H groups in total. The molecule has 0 radical (unpaired) electrons. The number of halogens is 3. The van der Waals surface area contributed by atoms with Gasteiger partial charge in [-0.3, -0.25) is 4.79 Å². The van der Waals surface area contributed by atoms with E-state index in [1.54, 1.807) is 38.7 Å². The van der Waals surface area contributed by atoms with Crippen molar-refractivity contribution in [3.63, 3.8) is 0 Å². The maximum Gasteiger partial charge on any atom is 0.416 e. The molecule has 0 unspecified atom stereocenters. The molecule has 3 heterocycles. The van der Waals surface area contributed by atoms with E-state index < -0.39 is 28.8 Å². The summed E-state index contributed by atoms with van der Waals surface area (Å²) in [5, 5.41) is 0. The largest absolute Gasteiger partial charge is 0.496 e. The molecule has 9 heteroatoms. The van der Waals surface area contributed by atoms with Gasteiger partial charge in [-0.2, -0.15) is 13.2 Å². The molecule has 1 aliphatic carbocycles. The van der Waals surface area contributed by atoms with Gasteiger partial charge in [-0.25, -0.2) is 4.79 Å². The Bertz CT molecular complexity index is 1120. The zero-order chi connectivity index (χ0) is 25.1. The highest BCUT2D eigenvalue weighted by molar-refractivity contribution is 6.00. The molecule has 34 heavy (non-hydrogen) atoms. The van der Waals surface area contributed by atoms with Gasteiger partial charge in [0.05, 0.1) is 23.7 Å². The first-order chi connectivity index (χ1) is 15.7. The molecular weight excluding hydrogens is 451 g/mol. The molecule has 1 amide bonds. The lowest BCUT2D eigenvalue weighted by Crippen LogP contribution is -2.61. The van der Waals surface area contributed by atoms with Crippen molar-refractivity contribution in [2.75, 3.05) is 20.2 Å². The number of rotatable bonds is 4. The predicted molar refractivity (Wildman–Crippen MR) is 118 cm³/mol. The third-order valence-corrected chi connectivity index (χ3v) is 6.38. The van der Waals surface area contributed by atoms with Gasteiger partial charge in [0.15, 0.2) is 5.76 Å². The standard InChI is InChI=1S/C25H28F3NO5/c1-14-8-19(33-20(14)17-7-6-16(25(26,27)28)9-18(17)32-5)21(30)24-10-15(11-24)12-29(13-24)22(31)34-23(2,3)4/h6-9,15H,10-13H2,1-5H3. The molecule has 3 aliphatic rings. The fraction of sp³-hybridized carbons (Fsp3) is 0.520. The Morgan fingerprint density at radius 1 is 1.15 bits per heavy atom. The summed E-state index contributed by atoms with van der Waals surface area (Å²) in [6, 6.07) is 4.75. The summed E-state index contributed by atoms with van der Waals surface area (Å²) in [6.07, 6.45) is -3.64. The Labute approximate surface area is 196 Å². The minimum Gasteiger partial charge on any atom is -0.496 e. The molecule has 1 aromatic heterocycles. The van der Waals surface area contributed by atoms with Crippen LogP contribution in [0.25, 0.3) is 11.3 Å². The minimum absolute atomic E-state index is 0.00177. The average Bonchev–Trinajstić information content (AvgIpc) is 3.11. The molecule has 2 aliphatic heterocycles. The molecule has 2 saturated heterocycles. The number of ether oxygens (including phenoxy) is 2. The normalized spacial score (nSPS) is 22.2. The number of hydrogen-bond donors (Lipinski definition) is 0. The number of carbonyl (C=O) groups excluding carboxylic acids is 2. The van der Waals surface area contributed by atoms with Gasteiger partial charge in [-0.1, -0.05) is 0 Å². The van der Waals surface area contributed by atoms with Crippen molar-refractivity contribution in [2.24, 2.45) is 11.3 Å². The van der Waals surface area contributed by atoms with Gasteiger partial charge < -0.3 is 18.8 Å². The Kier molecular flexibility index (Phi) is 5.73. The summed E-state index contributed by atoms with van der Waals surface area (Å²) in [4.78, 5) is 27.6. The number of alkyl halides is 3. The van der Waals surface area contributed by atoms with Crippen molar-refractivity contribution in [3.05, 3.63) is 41.2 Å². The fourth-order valence-electron chi connectivity index (χ4n) is 4.95. The van der Waals surface area contributed by atoms with E-state index in [0.29, 0.717) is 30.5 Å². The Morgan fingerprint density at radius 3 is 2.41 bits per heavy atom. The second-order valence-corrected chi connectivity index (χ2v) is 10.3. The number of aryl methyl sites for hydroxylation is 1. The van der Waals surface area contributed by atoms with Crippen molar-refractivity contribution < 1.29 is 36.7 Å². The Hall–Kier alpha value is -2.97. The van der Waals surface area contributed by atoms with E-state index in [4.69, 9.17) is 13.9 Å². The van der Waals surface area contributed by atoms with Crippen LogP contribution < -0.4 is 4.74 Å². The number of carbonyl (C=O) groups is 2. The molecule has 184 valence electrons. The monoisotopic (exact) mass is 479 g/mol. The summed E-state index contributed by atoms with van der Waals surface area (Å²) in [6.45, 7) is 7.89. The topological polar surface area (TPSA) is 69.0 Å². The van der Waals surface area contributed by atoms with Crippen LogP contribution in [0.1, 0.15) is 55.3 Å². The summed E-state index contributed by atoms with van der Waals surface area (Å²) in [5.41, 5.74) is -1.28. The smallest absolute Gasteiger partial charge is 0.416 e. The first-order valence-electron chi connectivity index (χ1n) is 11.1. The third kappa shape index (κ3) is 4.40. The van der Waals surface area contributed by atoms with Crippen molar-refractivity contribution in [2.45, 2.75) is 52.3 Å². The number of methoxy groups -OCH3 is 1. The van der Waals surface area contributed by atoms with Gasteiger partial charge >= 0.3 is 12.3 Å². The number of Topliss-reactive ketones (excluding diaryl/α,β-unsaturated/α-hetero) is 1. The van der Waals surface area contributed by atoms with Crippen LogP contribution >= 0.6 is 0 Å². The molecule has 1 saturated carbocycles. The van der Waals surface area contributed by atoms with E-state index >= 15 is 0 Å². The van der Waals surface area contributed by atoms with Crippen LogP contribution in [0.4, 0.5) is 18.0 Å². The van der Waals surface area contributed by atoms with Gasteiger partial charge in [0, 0.05) is 13.1 Å². The highest BCUT2D eigenvalue weighted by Gasteiger charge is 2.57. The molecular formula is C25H28F3NO5. The number of ketones is 1. The van der Waals surface area contributed by atoms with Crippen LogP contribution in [-0.4, -0.2) is 42.6 Å². The van der Waals surface area contributed by atoms with Crippen LogP contribution in [0.15, 0.2) is 28.7 Å². The zero-order valence-corrected chi connectivity index (χ0v) is 19.8. The zero-order valence-electron chi connectivity index (χ0n) is 19.8. The average molecular weight is 479 g/mol. The van der Waals surface area contributed by atoms with Gasteiger partial charge in [0.2, 0.25) is 5.78 Å². The first-order valence-corrected chi connectivity index (χ1v) is 11.1. The second kappa shape index (κ2) is 8.06. The molecule has 2 aromatic rings. The van der Waals surface area contributed by atoms with E-state index in [1.807, 2.05) is 0 Å². The molecule has 6 nitrogen and oxygen atoms in total. The second-order valence-electron chi connectivity index (χ2n) is 10.3. The molecule has 5 rings (SSSR count). The number of nitrogens with zero attached hydrogens (tertiary/aromatic N) is 1. The molecule has 0 spiro atoms. The van der Waals surface area contributed by atoms with E-state index in [9.17, 15) is 22.8 Å². The van der Waals surface area contributed by atoms with Gasteiger partial charge in [0.25, 0.3) is 0 Å². The SMILES string of the molecule is COc1cc(C(F)(F)F)ccc1-c1oc(C(=O)C23CC(CN(C(=O)OC(C)(C)C)C2)C3)cc1C. The number of fused-ring (bicyclic) bond motifs is 2. The quantitative estimate of drug-likeness (QED) is 0.495. The maximum atomic E-state index is 13.5. The highest BCUT2D eigenvalue weighted by Crippen LogP contribution is 2.53.